The number of halogens is 1. The average molecular weight is 285 g/mol. The van der Waals surface area contributed by atoms with E-state index >= 15 is 0 Å². The van der Waals surface area contributed by atoms with Crippen molar-refractivity contribution in [2.24, 2.45) is 0 Å². The van der Waals surface area contributed by atoms with Gasteiger partial charge in [-0.3, -0.25) is 0 Å². The van der Waals surface area contributed by atoms with Crippen molar-refractivity contribution in [2.75, 3.05) is 0 Å². The fraction of sp³-hybridized carbons (Fsp3) is 0. The number of nitrogens with zero attached hydrogens (tertiary/aromatic N) is 2. The van der Waals surface area contributed by atoms with E-state index in [0.29, 0.717) is 10.3 Å². The molecule has 0 bridgehead atoms. The van der Waals surface area contributed by atoms with Crippen LogP contribution in [0.2, 0.25) is 0 Å². The molecular formula is C9H5BrN2O2S. The van der Waals surface area contributed by atoms with Crippen LogP contribution in [0.3, 0.4) is 0 Å². The highest BCUT2D eigenvalue weighted by atomic mass is 79.9. The average Bonchev–Trinajstić information content (AvgIpc) is 2.71. The molecule has 0 fully saturated rings. The third kappa shape index (κ3) is 2.05. The Balaban J connectivity index is 2.52. The molecule has 0 spiro atoms. The Morgan fingerprint density at radius 3 is 2.93 bits per heavy atom. The Bertz CT molecular complexity index is 499. The van der Waals surface area contributed by atoms with Crippen LogP contribution < -0.4 is 0 Å². The van der Waals surface area contributed by atoms with Crippen molar-refractivity contribution < 1.29 is 9.90 Å². The SMILES string of the molecule is O=C(O)c1nc(-c2cccs2)ncc1Br. The Morgan fingerprint density at radius 1 is 1.53 bits per heavy atom. The largest absolute Gasteiger partial charge is 0.476 e. The highest BCUT2D eigenvalue weighted by Gasteiger charge is 2.13. The first kappa shape index (κ1) is 10.3. The molecule has 0 aromatic carbocycles. The van der Waals surface area contributed by atoms with Gasteiger partial charge in [-0.2, -0.15) is 0 Å². The van der Waals surface area contributed by atoms with Gasteiger partial charge in [0.25, 0.3) is 0 Å². The molecular weight excluding hydrogens is 280 g/mol. The highest BCUT2D eigenvalue weighted by Crippen LogP contribution is 2.23. The van der Waals surface area contributed by atoms with Crippen molar-refractivity contribution in [3.8, 4) is 10.7 Å². The third-order valence-corrected chi connectivity index (χ3v) is 3.13. The maximum Gasteiger partial charge on any atom is 0.355 e. The number of carboxylic acids is 1. The predicted octanol–water partition coefficient (Wildman–Crippen LogP) is 2.67. The Labute approximate surface area is 97.8 Å². The molecule has 0 aliphatic heterocycles. The van der Waals surface area contributed by atoms with Gasteiger partial charge in [0, 0.05) is 6.20 Å². The summed E-state index contributed by atoms with van der Waals surface area (Å²) in [6, 6.07) is 3.71. The number of hydrogen-bond acceptors (Lipinski definition) is 4. The van der Waals surface area contributed by atoms with E-state index in [1.807, 2.05) is 17.5 Å². The minimum absolute atomic E-state index is 0.0200. The predicted molar refractivity (Wildman–Crippen MR) is 60.0 cm³/mol. The van der Waals surface area contributed by atoms with Gasteiger partial charge in [0.15, 0.2) is 11.5 Å². The zero-order valence-corrected chi connectivity index (χ0v) is 9.75. The van der Waals surface area contributed by atoms with Crippen molar-refractivity contribution in [3.63, 3.8) is 0 Å². The second kappa shape index (κ2) is 4.08. The number of rotatable bonds is 2. The molecule has 15 heavy (non-hydrogen) atoms. The summed E-state index contributed by atoms with van der Waals surface area (Å²) in [5, 5.41) is 10.8. The summed E-state index contributed by atoms with van der Waals surface area (Å²) in [6.07, 6.45) is 1.45. The highest BCUT2D eigenvalue weighted by molar-refractivity contribution is 9.10. The van der Waals surface area contributed by atoms with Gasteiger partial charge in [0.05, 0.1) is 9.35 Å². The minimum Gasteiger partial charge on any atom is -0.476 e. The molecule has 0 aliphatic carbocycles. The summed E-state index contributed by atoms with van der Waals surface area (Å²) in [6.45, 7) is 0. The minimum atomic E-state index is -1.07. The van der Waals surface area contributed by atoms with Crippen LogP contribution >= 0.6 is 27.3 Å². The molecule has 76 valence electrons. The Hall–Kier alpha value is -1.27. The topological polar surface area (TPSA) is 63.1 Å². The lowest BCUT2D eigenvalue weighted by molar-refractivity contribution is 0.0689. The Kier molecular flexibility index (Phi) is 2.79. The molecule has 2 aromatic heterocycles. The fourth-order valence-electron chi connectivity index (χ4n) is 1.04. The molecule has 0 unspecified atom stereocenters. The van der Waals surface area contributed by atoms with Gasteiger partial charge in [0.2, 0.25) is 0 Å². The van der Waals surface area contributed by atoms with Crippen LogP contribution in [0.5, 0.6) is 0 Å². The van der Waals surface area contributed by atoms with Gasteiger partial charge in [-0.1, -0.05) is 6.07 Å². The zero-order valence-electron chi connectivity index (χ0n) is 7.35. The van der Waals surface area contributed by atoms with Gasteiger partial charge in [-0.25, -0.2) is 14.8 Å². The van der Waals surface area contributed by atoms with Crippen molar-refractivity contribution >= 4 is 33.2 Å². The zero-order chi connectivity index (χ0) is 10.8. The molecule has 1 N–H and O–H groups in total. The van der Waals surface area contributed by atoms with E-state index in [9.17, 15) is 4.79 Å². The van der Waals surface area contributed by atoms with Gasteiger partial charge in [0.1, 0.15) is 0 Å². The lowest BCUT2D eigenvalue weighted by Gasteiger charge is -2.00. The maximum atomic E-state index is 10.8. The molecule has 0 amide bonds. The van der Waals surface area contributed by atoms with Crippen LogP contribution in [-0.4, -0.2) is 21.0 Å². The monoisotopic (exact) mass is 284 g/mol. The molecule has 0 saturated heterocycles. The van der Waals surface area contributed by atoms with Crippen molar-refractivity contribution in [2.45, 2.75) is 0 Å². The van der Waals surface area contributed by atoms with Crippen LogP contribution in [0.1, 0.15) is 10.5 Å². The van der Waals surface area contributed by atoms with Crippen LogP contribution in [0.4, 0.5) is 0 Å². The summed E-state index contributed by atoms with van der Waals surface area (Å²) in [5.41, 5.74) is -0.0200. The number of carboxylic acid groups (broad SMARTS) is 1. The second-order valence-electron chi connectivity index (χ2n) is 2.67. The van der Waals surface area contributed by atoms with Crippen LogP contribution in [-0.2, 0) is 0 Å². The number of hydrogen-bond donors (Lipinski definition) is 1. The molecule has 0 aliphatic rings. The van der Waals surface area contributed by atoms with E-state index in [1.165, 1.54) is 17.5 Å². The van der Waals surface area contributed by atoms with Gasteiger partial charge < -0.3 is 5.11 Å². The van der Waals surface area contributed by atoms with E-state index < -0.39 is 5.97 Å². The number of aromatic nitrogens is 2. The first-order valence-corrected chi connectivity index (χ1v) is 5.65. The van der Waals surface area contributed by atoms with Gasteiger partial charge >= 0.3 is 5.97 Å². The molecule has 0 radical (unpaired) electrons. The standard InChI is InChI=1S/C9H5BrN2O2S/c10-5-4-11-8(6-2-1-3-15-6)12-7(5)9(13)14/h1-4H,(H,13,14). The van der Waals surface area contributed by atoms with E-state index in [-0.39, 0.29) is 5.69 Å². The summed E-state index contributed by atoms with van der Waals surface area (Å²) < 4.78 is 0.385. The normalized spacial score (nSPS) is 10.2. The smallest absolute Gasteiger partial charge is 0.355 e. The van der Waals surface area contributed by atoms with E-state index in [2.05, 4.69) is 25.9 Å². The van der Waals surface area contributed by atoms with Crippen LogP contribution in [0, 0.1) is 0 Å². The quantitative estimate of drug-likeness (QED) is 0.921. The lowest BCUT2D eigenvalue weighted by Crippen LogP contribution is -2.03. The third-order valence-electron chi connectivity index (χ3n) is 1.69. The molecule has 0 saturated carbocycles. The summed E-state index contributed by atoms with van der Waals surface area (Å²) >= 11 is 4.56. The lowest BCUT2D eigenvalue weighted by atomic mass is 10.4. The molecule has 2 aromatic rings. The van der Waals surface area contributed by atoms with Crippen LogP contribution in [0.15, 0.2) is 28.2 Å². The van der Waals surface area contributed by atoms with Crippen molar-refractivity contribution in [3.05, 3.63) is 33.9 Å². The Morgan fingerprint density at radius 2 is 2.33 bits per heavy atom. The van der Waals surface area contributed by atoms with E-state index in [4.69, 9.17) is 5.11 Å². The number of thiophene rings is 1. The maximum absolute atomic E-state index is 10.8. The molecule has 4 nitrogen and oxygen atoms in total. The molecule has 0 atom stereocenters. The fourth-order valence-corrected chi connectivity index (χ4v) is 2.07. The van der Waals surface area contributed by atoms with Crippen molar-refractivity contribution in [1.82, 2.24) is 9.97 Å². The summed E-state index contributed by atoms with van der Waals surface area (Å²) in [4.78, 5) is 19.7. The second-order valence-corrected chi connectivity index (χ2v) is 4.47. The van der Waals surface area contributed by atoms with Crippen LogP contribution in [0.25, 0.3) is 10.7 Å². The molecule has 6 heteroatoms. The van der Waals surface area contributed by atoms with E-state index in [0.717, 1.165) is 4.88 Å². The summed E-state index contributed by atoms with van der Waals surface area (Å²) in [7, 11) is 0. The van der Waals surface area contributed by atoms with E-state index in [1.54, 1.807) is 0 Å². The first-order chi connectivity index (χ1) is 7.18. The summed E-state index contributed by atoms with van der Waals surface area (Å²) in [5.74, 6) is -0.632. The van der Waals surface area contributed by atoms with Crippen molar-refractivity contribution in [1.29, 1.82) is 0 Å². The van der Waals surface area contributed by atoms with Gasteiger partial charge in [-0.05, 0) is 27.4 Å². The number of carbonyl (C=O) groups is 1. The van der Waals surface area contributed by atoms with Gasteiger partial charge in [-0.15, -0.1) is 11.3 Å². The molecule has 2 heterocycles. The first-order valence-electron chi connectivity index (χ1n) is 3.98. The number of aromatic carboxylic acids is 1. The molecule has 2 rings (SSSR count).